The van der Waals surface area contributed by atoms with Gasteiger partial charge in [-0.3, -0.25) is 4.79 Å². The molecule has 3 heteroatoms. The smallest absolute Gasteiger partial charge is 0.162 e. The Balaban J connectivity index is 1.97. The number of carbonyl (C=O) groups excluding carboxylic acids is 1. The van der Waals surface area contributed by atoms with Crippen LogP contribution in [-0.2, 0) is 0 Å². The second-order valence-corrected chi connectivity index (χ2v) is 5.54. The van der Waals surface area contributed by atoms with E-state index in [0.717, 1.165) is 16.8 Å². The Morgan fingerprint density at radius 3 is 2.64 bits per heavy atom. The van der Waals surface area contributed by atoms with E-state index in [1.807, 2.05) is 43.7 Å². The normalized spacial score (nSPS) is 15.4. The molecule has 1 aliphatic rings. The van der Waals surface area contributed by atoms with Crippen LogP contribution in [0.2, 0.25) is 0 Å². The van der Waals surface area contributed by atoms with E-state index in [-0.39, 0.29) is 11.8 Å². The molecular weight excluding hydrogens is 272 g/mol. The number of nitrogens with zero attached hydrogens (tertiary/aromatic N) is 2. The lowest BCUT2D eigenvalue weighted by atomic mass is 9.91. The van der Waals surface area contributed by atoms with Crippen molar-refractivity contribution in [2.75, 3.05) is 0 Å². The van der Waals surface area contributed by atoms with E-state index in [1.165, 1.54) is 11.1 Å². The van der Waals surface area contributed by atoms with Crippen LogP contribution in [0, 0.1) is 0 Å². The molecule has 0 N–H and O–H groups in total. The molecule has 4 rings (SSSR count). The molecule has 1 aromatic heterocycles. The number of carbonyl (C=O) groups is 1. The Labute approximate surface area is 129 Å². The van der Waals surface area contributed by atoms with Gasteiger partial charge >= 0.3 is 0 Å². The minimum atomic E-state index is 0.0281. The zero-order chi connectivity index (χ0) is 15.1. The predicted molar refractivity (Wildman–Crippen MR) is 86.0 cm³/mol. The van der Waals surface area contributed by atoms with Gasteiger partial charge in [-0.25, -0.2) is 4.98 Å². The van der Waals surface area contributed by atoms with Gasteiger partial charge < -0.3 is 4.57 Å². The first-order chi connectivity index (χ1) is 10.8. The van der Waals surface area contributed by atoms with E-state index in [0.29, 0.717) is 6.42 Å². The van der Waals surface area contributed by atoms with Crippen molar-refractivity contribution in [2.24, 2.45) is 0 Å². The Bertz CT molecular complexity index is 863. The fraction of sp³-hybridized carbons (Fsp3) is 0.158. The van der Waals surface area contributed by atoms with Gasteiger partial charge in [0, 0.05) is 17.5 Å². The summed E-state index contributed by atoms with van der Waals surface area (Å²) in [4.78, 5) is 16.6. The van der Waals surface area contributed by atoms with Crippen LogP contribution in [0.1, 0.15) is 40.9 Å². The first-order valence-electron chi connectivity index (χ1n) is 7.54. The molecule has 108 valence electrons. The molecule has 3 nitrogen and oxygen atoms in total. The third-order valence-corrected chi connectivity index (χ3v) is 4.35. The molecular formula is C19H16N2O. The molecule has 1 aliphatic heterocycles. The molecule has 0 spiro atoms. The summed E-state index contributed by atoms with van der Waals surface area (Å²) in [6.45, 7) is 1.91. The number of hydrogen-bond acceptors (Lipinski definition) is 2. The summed E-state index contributed by atoms with van der Waals surface area (Å²) in [7, 11) is 0. The van der Waals surface area contributed by atoms with Gasteiger partial charge in [-0.2, -0.15) is 0 Å². The number of Topliss-reactive ketones (excluding diaryl/α,β-unsaturated/α-hetero) is 1. The second kappa shape index (κ2) is 4.95. The molecule has 0 amide bonds. The molecule has 2 aromatic carbocycles. The van der Waals surface area contributed by atoms with Gasteiger partial charge in [0.15, 0.2) is 5.78 Å². The molecule has 0 fully saturated rings. The van der Waals surface area contributed by atoms with Crippen LogP contribution < -0.4 is 0 Å². The van der Waals surface area contributed by atoms with Gasteiger partial charge in [0.1, 0.15) is 0 Å². The Morgan fingerprint density at radius 2 is 1.82 bits per heavy atom. The zero-order valence-corrected chi connectivity index (χ0v) is 12.4. The van der Waals surface area contributed by atoms with Crippen molar-refractivity contribution in [3.8, 4) is 11.3 Å². The Hall–Kier alpha value is -2.68. The first-order valence-corrected chi connectivity index (χ1v) is 7.54. The maximum Gasteiger partial charge on any atom is 0.162 e. The lowest BCUT2D eigenvalue weighted by Crippen LogP contribution is -2.12. The molecule has 22 heavy (non-hydrogen) atoms. The van der Waals surface area contributed by atoms with Crippen molar-refractivity contribution in [3.63, 3.8) is 0 Å². The summed E-state index contributed by atoms with van der Waals surface area (Å²) < 4.78 is 2.16. The van der Waals surface area contributed by atoms with Crippen LogP contribution >= 0.6 is 0 Å². The minimum Gasteiger partial charge on any atom is -0.319 e. The predicted octanol–water partition coefficient (Wildman–Crippen LogP) is 4.09. The maximum absolute atomic E-state index is 12.3. The quantitative estimate of drug-likeness (QED) is 0.532. The second-order valence-electron chi connectivity index (χ2n) is 5.54. The average molecular weight is 288 g/mol. The highest BCUT2D eigenvalue weighted by molar-refractivity contribution is 5.97. The first kappa shape index (κ1) is 13.0. The summed E-state index contributed by atoms with van der Waals surface area (Å²) >= 11 is 0. The van der Waals surface area contributed by atoms with E-state index in [4.69, 9.17) is 0 Å². The van der Waals surface area contributed by atoms with Crippen molar-refractivity contribution in [1.29, 1.82) is 0 Å². The molecule has 0 saturated heterocycles. The summed E-state index contributed by atoms with van der Waals surface area (Å²) in [6, 6.07) is 16.3. The Morgan fingerprint density at radius 1 is 1.09 bits per heavy atom. The number of imidazole rings is 1. The van der Waals surface area contributed by atoms with E-state index < -0.39 is 0 Å². The van der Waals surface area contributed by atoms with Crippen LogP contribution in [0.4, 0.5) is 0 Å². The van der Waals surface area contributed by atoms with Crippen molar-refractivity contribution in [3.05, 3.63) is 77.7 Å². The van der Waals surface area contributed by atoms with E-state index in [1.54, 1.807) is 0 Å². The average Bonchev–Trinajstić information content (AvgIpc) is 3.14. The maximum atomic E-state index is 12.3. The van der Waals surface area contributed by atoms with Crippen molar-refractivity contribution in [2.45, 2.75) is 19.4 Å². The number of hydrogen-bond donors (Lipinski definition) is 0. The number of benzene rings is 2. The molecule has 1 atom stereocenters. The van der Waals surface area contributed by atoms with Gasteiger partial charge in [-0.15, -0.1) is 0 Å². The fourth-order valence-corrected chi connectivity index (χ4v) is 3.33. The van der Waals surface area contributed by atoms with Crippen molar-refractivity contribution < 1.29 is 4.79 Å². The zero-order valence-electron chi connectivity index (χ0n) is 12.4. The number of fused-ring (bicyclic) bond motifs is 3. The highest BCUT2D eigenvalue weighted by Gasteiger charge is 2.31. The summed E-state index contributed by atoms with van der Waals surface area (Å²) in [6.07, 6.45) is 4.26. The molecule has 0 saturated carbocycles. The molecule has 3 aromatic rings. The lowest BCUT2D eigenvalue weighted by Gasteiger charge is -2.18. The third-order valence-electron chi connectivity index (χ3n) is 4.35. The summed E-state index contributed by atoms with van der Waals surface area (Å²) in [5, 5.41) is 0. The lowest BCUT2D eigenvalue weighted by molar-refractivity contribution is 0.0987. The monoisotopic (exact) mass is 288 g/mol. The standard InChI is InChI=1S/C19H16N2O/c1-2-18(22)14-8-4-6-10-16(14)19-15-9-5-3-7-13(15)17-11-20-12-21(17)19/h3-12,19H,2H2,1H3. The molecule has 0 radical (unpaired) electrons. The van der Waals surface area contributed by atoms with E-state index >= 15 is 0 Å². The molecule has 1 unspecified atom stereocenters. The minimum absolute atomic E-state index is 0.0281. The number of aromatic nitrogens is 2. The van der Waals surface area contributed by atoms with E-state index in [9.17, 15) is 4.79 Å². The molecule has 2 heterocycles. The SMILES string of the molecule is CCC(=O)c1ccccc1C1c2ccccc2-c2cncn21. The van der Waals surface area contributed by atoms with E-state index in [2.05, 4.69) is 33.8 Å². The Kier molecular flexibility index (Phi) is 2.93. The number of ketones is 1. The van der Waals surface area contributed by atoms with Crippen molar-refractivity contribution >= 4 is 5.78 Å². The molecule has 0 bridgehead atoms. The van der Waals surface area contributed by atoms with Gasteiger partial charge in [0.2, 0.25) is 0 Å². The van der Waals surface area contributed by atoms with Gasteiger partial charge in [0.25, 0.3) is 0 Å². The largest absolute Gasteiger partial charge is 0.319 e. The van der Waals surface area contributed by atoms with Crippen molar-refractivity contribution in [1.82, 2.24) is 9.55 Å². The third kappa shape index (κ3) is 1.75. The van der Waals surface area contributed by atoms with Gasteiger partial charge in [-0.1, -0.05) is 55.5 Å². The summed E-state index contributed by atoms with van der Waals surface area (Å²) in [5.74, 6) is 0.182. The van der Waals surface area contributed by atoms with Crippen LogP contribution in [0.3, 0.4) is 0 Å². The van der Waals surface area contributed by atoms with Crippen LogP contribution in [0.25, 0.3) is 11.3 Å². The summed E-state index contributed by atoms with van der Waals surface area (Å²) in [5.41, 5.74) is 5.41. The number of rotatable bonds is 3. The topological polar surface area (TPSA) is 34.9 Å². The molecule has 0 aliphatic carbocycles. The van der Waals surface area contributed by atoms with Gasteiger partial charge in [0.05, 0.1) is 24.3 Å². The van der Waals surface area contributed by atoms with Crippen LogP contribution in [0.15, 0.2) is 61.1 Å². The van der Waals surface area contributed by atoms with Crippen LogP contribution in [0.5, 0.6) is 0 Å². The fourth-order valence-electron chi connectivity index (χ4n) is 3.33. The van der Waals surface area contributed by atoms with Gasteiger partial charge in [-0.05, 0) is 11.1 Å². The highest BCUT2D eigenvalue weighted by atomic mass is 16.1. The highest BCUT2D eigenvalue weighted by Crippen LogP contribution is 2.43. The van der Waals surface area contributed by atoms with Crippen LogP contribution in [-0.4, -0.2) is 15.3 Å².